The molecule has 0 spiro atoms. The van der Waals surface area contributed by atoms with Crippen molar-refractivity contribution < 1.29 is 17.7 Å². The van der Waals surface area contributed by atoms with Crippen LogP contribution in [0.1, 0.15) is 13.3 Å². The van der Waals surface area contributed by atoms with Gasteiger partial charge in [0.2, 0.25) is 0 Å². The highest BCUT2D eigenvalue weighted by molar-refractivity contribution is 7.74. The summed E-state index contributed by atoms with van der Waals surface area (Å²) in [5.74, 6) is 0. The molecule has 0 saturated heterocycles. The molecule has 0 aliphatic carbocycles. The van der Waals surface area contributed by atoms with Crippen molar-refractivity contribution in [2.45, 2.75) is 13.3 Å². The van der Waals surface area contributed by atoms with Crippen molar-refractivity contribution in [3.05, 3.63) is 12.2 Å². The van der Waals surface area contributed by atoms with Crippen molar-refractivity contribution in [1.82, 2.24) is 0 Å². The van der Waals surface area contributed by atoms with E-state index >= 15 is 0 Å². The van der Waals surface area contributed by atoms with Crippen LogP contribution < -0.4 is 0 Å². The van der Waals surface area contributed by atoms with Crippen molar-refractivity contribution in [2.75, 3.05) is 19.8 Å². The van der Waals surface area contributed by atoms with Crippen LogP contribution in [0.4, 0.5) is 0 Å². The maximum atomic E-state index is 9.97. The first-order valence-corrected chi connectivity index (χ1v) is 4.73. The molecule has 0 heterocycles. The van der Waals surface area contributed by atoms with Crippen LogP contribution in [-0.2, 0) is 20.3 Å². The Morgan fingerprint density at radius 2 is 2.25 bits per heavy atom. The van der Waals surface area contributed by atoms with Gasteiger partial charge in [-0.1, -0.05) is 12.2 Å². The van der Waals surface area contributed by atoms with Crippen molar-refractivity contribution in [2.24, 2.45) is 0 Å². The summed E-state index contributed by atoms with van der Waals surface area (Å²) in [6, 6.07) is 0. The number of hydrogen-bond acceptors (Lipinski definition) is 3. The van der Waals surface area contributed by atoms with Crippen LogP contribution in [0.5, 0.6) is 0 Å². The fourth-order valence-electron chi connectivity index (χ4n) is 0.539. The maximum Gasteiger partial charge on any atom is 0.301 e. The maximum absolute atomic E-state index is 9.97. The first-order valence-electron chi connectivity index (χ1n) is 3.70. The highest BCUT2D eigenvalue weighted by Crippen LogP contribution is 1.87. The highest BCUT2D eigenvalue weighted by atomic mass is 32.2. The van der Waals surface area contributed by atoms with Crippen LogP contribution in [0.3, 0.4) is 0 Å². The molecule has 0 bridgehead atoms. The minimum absolute atomic E-state index is 0.249. The van der Waals surface area contributed by atoms with E-state index in [0.29, 0.717) is 19.6 Å². The van der Waals surface area contributed by atoms with Crippen molar-refractivity contribution in [3.8, 4) is 0 Å². The van der Waals surface area contributed by atoms with Gasteiger partial charge in [0.15, 0.2) is 0 Å². The zero-order valence-corrected chi connectivity index (χ0v) is 7.88. The third-order valence-electron chi connectivity index (χ3n) is 1.07. The molecule has 1 atom stereocenters. The molecule has 1 N–H and O–H groups in total. The van der Waals surface area contributed by atoms with E-state index in [9.17, 15) is 4.21 Å². The molecule has 0 amide bonds. The predicted octanol–water partition coefficient (Wildman–Crippen LogP) is 1.12. The minimum atomic E-state index is -2.14. The quantitative estimate of drug-likeness (QED) is 0.375. The normalized spacial score (nSPS) is 13.8. The zero-order valence-electron chi connectivity index (χ0n) is 7.06. The molecule has 0 aromatic carbocycles. The Labute approximate surface area is 75.1 Å². The molecule has 12 heavy (non-hydrogen) atoms. The lowest BCUT2D eigenvalue weighted by Crippen LogP contribution is -2.02. The first kappa shape index (κ1) is 11.8. The molecule has 0 aliphatic heterocycles. The van der Waals surface area contributed by atoms with Crippen LogP contribution in [0.15, 0.2) is 12.2 Å². The summed E-state index contributed by atoms with van der Waals surface area (Å²) in [5, 5.41) is 0. The lowest BCUT2D eigenvalue weighted by atomic mass is 10.5. The fourth-order valence-corrected chi connectivity index (χ4v) is 0.799. The van der Waals surface area contributed by atoms with Gasteiger partial charge in [0.1, 0.15) is 0 Å². The third-order valence-corrected chi connectivity index (χ3v) is 1.44. The molecule has 0 aliphatic rings. The Morgan fingerprint density at radius 1 is 1.50 bits per heavy atom. The first-order chi connectivity index (χ1) is 5.77. The van der Waals surface area contributed by atoms with Gasteiger partial charge in [-0.3, -0.25) is 8.74 Å². The van der Waals surface area contributed by atoms with E-state index in [-0.39, 0.29) is 6.61 Å². The van der Waals surface area contributed by atoms with E-state index in [0.717, 1.165) is 0 Å². The molecule has 0 radical (unpaired) electrons. The van der Waals surface area contributed by atoms with Crippen molar-refractivity contribution >= 4 is 11.4 Å². The molecule has 5 heteroatoms. The Bertz CT molecular complexity index is 146. The van der Waals surface area contributed by atoms with Crippen LogP contribution in [0.2, 0.25) is 0 Å². The molecular weight excluding hydrogens is 180 g/mol. The van der Waals surface area contributed by atoms with Crippen LogP contribution in [0.25, 0.3) is 0 Å². The largest absolute Gasteiger partial charge is 0.377 e. The van der Waals surface area contributed by atoms with Gasteiger partial charge in [-0.05, 0) is 13.3 Å². The van der Waals surface area contributed by atoms with Gasteiger partial charge in [0.05, 0.1) is 13.2 Å². The van der Waals surface area contributed by atoms with Gasteiger partial charge in [-0.15, -0.1) is 0 Å². The predicted molar refractivity (Wildman–Crippen MR) is 47.0 cm³/mol. The van der Waals surface area contributed by atoms with Crippen LogP contribution >= 0.6 is 0 Å². The summed E-state index contributed by atoms with van der Waals surface area (Å²) in [6.07, 6.45) is 4.42. The fraction of sp³-hybridized carbons (Fsp3) is 0.714. The topological polar surface area (TPSA) is 55.8 Å². The van der Waals surface area contributed by atoms with Gasteiger partial charge in [0.25, 0.3) is 0 Å². The monoisotopic (exact) mass is 194 g/mol. The smallest absolute Gasteiger partial charge is 0.301 e. The summed E-state index contributed by atoms with van der Waals surface area (Å²) >= 11 is -2.14. The Balaban J connectivity index is 2.96. The Kier molecular flexibility index (Phi) is 8.69. The number of ether oxygens (including phenoxy) is 1. The summed E-state index contributed by atoms with van der Waals surface area (Å²) in [7, 11) is 0. The second-order valence-electron chi connectivity index (χ2n) is 2.04. The van der Waals surface area contributed by atoms with Crippen molar-refractivity contribution in [1.29, 1.82) is 0 Å². The average Bonchev–Trinajstić information content (AvgIpc) is 2.02. The lowest BCUT2D eigenvalue weighted by Gasteiger charge is -1.99. The number of hydrogen-bond donors (Lipinski definition) is 1. The van der Waals surface area contributed by atoms with E-state index < -0.39 is 11.4 Å². The van der Waals surface area contributed by atoms with Crippen LogP contribution in [0, 0.1) is 0 Å². The molecule has 0 saturated carbocycles. The van der Waals surface area contributed by atoms with Gasteiger partial charge in [-0.25, -0.2) is 0 Å². The average molecular weight is 194 g/mol. The van der Waals surface area contributed by atoms with E-state index in [1.54, 1.807) is 0 Å². The van der Waals surface area contributed by atoms with E-state index in [4.69, 9.17) is 9.29 Å². The van der Waals surface area contributed by atoms with Gasteiger partial charge >= 0.3 is 11.4 Å². The van der Waals surface area contributed by atoms with Gasteiger partial charge in [-0.2, -0.15) is 4.21 Å². The molecule has 1 unspecified atom stereocenters. The third kappa shape index (κ3) is 9.77. The molecule has 0 rings (SSSR count). The molecule has 0 fully saturated rings. The minimum Gasteiger partial charge on any atom is -0.377 e. The molecular formula is C7H14O4S. The second-order valence-corrected chi connectivity index (χ2v) is 2.71. The summed E-state index contributed by atoms with van der Waals surface area (Å²) in [6.45, 7) is 3.29. The summed E-state index contributed by atoms with van der Waals surface area (Å²) < 4.78 is 27.6. The SMILES string of the molecule is CC=CCOCCCOS(=O)O. The van der Waals surface area contributed by atoms with E-state index in [1.807, 2.05) is 19.1 Å². The Morgan fingerprint density at radius 3 is 2.83 bits per heavy atom. The second kappa shape index (κ2) is 8.86. The van der Waals surface area contributed by atoms with E-state index in [1.165, 1.54) is 0 Å². The molecule has 72 valence electrons. The molecule has 0 aromatic heterocycles. The van der Waals surface area contributed by atoms with Gasteiger partial charge < -0.3 is 4.74 Å². The van der Waals surface area contributed by atoms with E-state index in [2.05, 4.69) is 4.18 Å². The summed E-state index contributed by atoms with van der Waals surface area (Å²) in [5.41, 5.74) is 0. The van der Waals surface area contributed by atoms with Gasteiger partial charge in [0, 0.05) is 6.61 Å². The highest BCUT2D eigenvalue weighted by Gasteiger charge is 1.92. The molecule has 4 nitrogen and oxygen atoms in total. The number of allylic oxidation sites excluding steroid dienone is 1. The van der Waals surface area contributed by atoms with Crippen molar-refractivity contribution in [3.63, 3.8) is 0 Å². The molecule has 0 aromatic rings. The van der Waals surface area contributed by atoms with Crippen LogP contribution in [-0.4, -0.2) is 28.6 Å². The summed E-state index contributed by atoms with van der Waals surface area (Å²) in [4.78, 5) is 0. The lowest BCUT2D eigenvalue weighted by molar-refractivity contribution is 0.144. The standard InChI is InChI=1S/C7H14O4S/c1-2-3-5-10-6-4-7-11-12(8)9/h2-3H,4-7H2,1H3,(H,8,9). The Hall–Kier alpha value is -0.230. The zero-order chi connectivity index (χ0) is 9.23. The number of rotatable bonds is 7.